The predicted octanol–water partition coefficient (Wildman–Crippen LogP) is 1.98. The maximum atomic E-state index is 12.6. The zero-order chi connectivity index (χ0) is 21.9. The Bertz CT molecular complexity index is 833. The summed E-state index contributed by atoms with van der Waals surface area (Å²) in [6.45, 7) is 4.32. The van der Waals surface area contributed by atoms with Crippen LogP contribution >= 0.6 is 23.2 Å². The van der Waals surface area contributed by atoms with E-state index in [2.05, 4.69) is 25.9 Å². The summed E-state index contributed by atoms with van der Waals surface area (Å²) >= 11 is 12.1. The van der Waals surface area contributed by atoms with Crippen molar-refractivity contribution < 1.29 is 9.59 Å². The van der Waals surface area contributed by atoms with E-state index in [1.165, 1.54) is 19.3 Å². The molecule has 1 amide bonds. The number of hydrogen-bond donors (Lipinski definition) is 4. The number of nitrogens with zero attached hydrogens (tertiary/aromatic N) is 2. The number of carbonyl (C=O) groups excluding carboxylic acids is 2. The molecule has 0 bridgehead atoms. The molecule has 0 unspecified atom stereocenters. The molecular weight excluding hydrogens is 427 g/mol. The fourth-order valence-corrected chi connectivity index (χ4v) is 3.33. The summed E-state index contributed by atoms with van der Waals surface area (Å²) < 4.78 is 0. The minimum atomic E-state index is -0.585. The van der Waals surface area contributed by atoms with Crippen LogP contribution in [0.5, 0.6) is 0 Å². The monoisotopic (exact) mass is 452 g/mol. The molecule has 1 aliphatic heterocycles. The molecule has 0 aromatic heterocycles. The lowest BCUT2D eigenvalue weighted by atomic mass is 10.0. The maximum absolute atomic E-state index is 12.6. The van der Waals surface area contributed by atoms with E-state index in [0.29, 0.717) is 28.7 Å². The van der Waals surface area contributed by atoms with Crippen LogP contribution in [0.1, 0.15) is 31.4 Å². The Kier molecular flexibility index (Phi) is 9.63. The van der Waals surface area contributed by atoms with Gasteiger partial charge in [0, 0.05) is 48.5 Å². The first-order valence-corrected chi connectivity index (χ1v) is 10.3. The van der Waals surface area contributed by atoms with Gasteiger partial charge in [0.15, 0.2) is 5.96 Å². The van der Waals surface area contributed by atoms with Gasteiger partial charge in [-0.05, 0) is 37.1 Å². The molecule has 30 heavy (non-hydrogen) atoms. The number of nitrogens with two attached hydrogens (primary N) is 1. The molecule has 1 aromatic carbocycles. The maximum Gasteiger partial charge on any atom is 0.254 e. The number of rotatable bonds is 10. The Morgan fingerprint density at radius 2 is 2.07 bits per heavy atom. The van der Waals surface area contributed by atoms with Crippen molar-refractivity contribution in [2.24, 2.45) is 15.7 Å². The van der Waals surface area contributed by atoms with Crippen LogP contribution in [-0.4, -0.2) is 50.0 Å². The van der Waals surface area contributed by atoms with Gasteiger partial charge < -0.3 is 21.7 Å². The molecule has 0 saturated heterocycles. The summed E-state index contributed by atoms with van der Waals surface area (Å²) in [5.41, 5.74) is 6.44. The van der Waals surface area contributed by atoms with Crippen molar-refractivity contribution >= 4 is 47.1 Å². The van der Waals surface area contributed by atoms with Crippen molar-refractivity contribution in [1.82, 2.24) is 16.0 Å². The van der Waals surface area contributed by atoms with Crippen molar-refractivity contribution in [2.45, 2.75) is 25.8 Å². The van der Waals surface area contributed by atoms with Crippen LogP contribution in [0.25, 0.3) is 0 Å². The minimum Gasteiger partial charge on any atom is -0.404 e. The van der Waals surface area contributed by atoms with Crippen LogP contribution in [0.15, 0.2) is 40.0 Å². The van der Waals surface area contributed by atoms with Gasteiger partial charge in [0.05, 0.1) is 18.2 Å². The van der Waals surface area contributed by atoms with Crippen molar-refractivity contribution in [1.29, 1.82) is 0 Å². The Hall–Kier alpha value is -2.58. The van der Waals surface area contributed by atoms with Crippen molar-refractivity contribution in [3.8, 4) is 0 Å². The number of carbonyl (C=O) groups is 2. The minimum absolute atomic E-state index is 0.0859. The van der Waals surface area contributed by atoms with Crippen LogP contribution in [0.4, 0.5) is 0 Å². The fourth-order valence-electron chi connectivity index (χ4n) is 2.79. The van der Waals surface area contributed by atoms with Gasteiger partial charge >= 0.3 is 0 Å². The third-order valence-corrected chi connectivity index (χ3v) is 4.62. The van der Waals surface area contributed by atoms with Gasteiger partial charge in [0.25, 0.3) is 5.91 Å². The first-order chi connectivity index (χ1) is 14.4. The molecule has 162 valence electrons. The highest BCUT2D eigenvalue weighted by molar-refractivity contribution is 6.34. The van der Waals surface area contributed by atoms with E-state index in [1.807, 2.05) is 0 Å². The summed E-state index contributed by atoms with van der Waals surface area (Å²) in [4.78, 5) is 32.8. The van der Waals surface area contributed by atoms with E-state index in [0.717, 1.165) is 25.5 Å². The van der Waals surface area contributed by atoms with Crippen LogP contribution < -0.4 is 21.7 Å². The lowest BCUT2D eigenvalue weighted by Gasteiger charge is -2.19. The summed E-state index contributed by atoms with van der Waals surface area (Å²) in [5, 5.41) is 9.94. The highest BCUT2D eigenvalue weighted by Crippen LogP contribution is 2.25. The van der Waals surface area contributed by atoms with Crippen molar-refractivity contribution in [3.05, 3.63) is 45.6 Å². The topological polar surface area (TPSA) is 121 Å². The lowest BCUT2D eigenvalue weighted by Crippen LogP contribution is -2.34. The number of nitrogens with one attached hydrogen (secondary N) is 3. The van der Waals surface area contributed by atoms with E-state index in [9.17, 15) is 9.59 Å². The van der Waals surface area contributed by atoms with Gasteiger partial charge in [-0.15, -0.1) is 0 Å². The molecule has 0 saturated carbocycles. The molecular formula is C20H26Cl2N6O2. The second-order valence-corrected chi connectivity index (χ2v) is 7.60. The molecule has 0 radical (unpaired) electrons. The van der Waals surface area contributed by atoms with Crippen molar-refractivity contribution in [2.75, 3.05) is 26.2 Å². The second kappa shape index (κ2) is 12.2. The smallest absolute Gasteiger partial charge is 0.254 e. The highest BCUT2D eigenvalue weighted by atomic mass is 35.5. The quantitative estimate of drug-likeness (QED) is 0.245. The van der Waals surface area contributed by atoms with Crippen LogP contribution in [0, 0.1) is 0 Å². The van der Waals surface area contributed by atoms with Crippen LogP contribution in [0.2, 0.25) is 10.0 Å². The van der Waals surface area contributed by atoms with E-state index in [4.69, 9.17) is 28.9 Å². The number of amides is 1. The van der Waals surface area contributed by atoms with Crippen molar-refractivity contribution in [3.63, 3.8) is 0 Å². The largest absolute Gasteiger partial charge is 0.404 e. The fraction of sp³-hybridized carbons (Fsp3) is 0.400. The summed E-state index contributed by atoms with van der Waals surface area (Å²) in [6, 6.07) is 4.33. The van der Waals surface area contributed by atoms with Gasteiger partial charge in [0.1, 0.15) is 5.78 Å². The van der Waals surface area contributed by atoms with Gasteiger partial charge in [-0.1, -0.05) is 23.2 Å². The molecule has 5 N–H and O–H groups in total. The molecule has 1 aliphatic rings. The Balaban J connectivity index is 1.92. The number of aliphatic imine (C=N–C) groups is 2. The number of Topliss-reactive ketones (excluding diaryl/α,β-unsaturated/α-hetero) is 1. The highest BCUT2D eigenvalue weighted by Gasteiger charge is 2.19. The number of halogens is 2. The average molecular weight is 453 g/mol. The summed E-state index contributed by atoms with van der Waals surface area (Å²) in [6.07, 6.45) is 3.48. The number of benzene rings is 1. The van der Waals surface area contributed by atoms with Crippen LogP contribution in [0.3, 0.4) is 0 Å². The van der Waals surface area contributed by atoms with E-state index < -0.39 is 11.9 Å². The zero-order valence-electron chi connectivity index (χ0n) is 16.8. The van der Waals surface area contributed by atoms with Gasteiger partial charge in [-0.3, -0.25) is 19.6 Å². The molecule has 0 fully saturated rings. The van der Waals surface area contributed by atoms with E-state index in [1.54, 1.807) is 18.2 Å². The normalized spacial score (nSPS) is 14.9. The SMILES string of the molecule is CC(=O)C[C@H](NC(=O)C(C=NCCCNC1=NCCN1)=CN)c1cc(Cl)cc(Cl)c1. The third-order valence-electron chi connectivity index (χ3n) is 4.19. The Morgan fingerprint density at radius 3 is 2.67 bits per heavy atom. The lowest BCUT2D eigenvalue weighted by molar-refractivity contribution is -0.119. The van der Waals surface area contributed by atoms with Gasteiger partial charge in [0.2, 0.25) is 0 Å². The molecule has 1 aromatic rings. The zero-order valence-corrected chi connectivity index (χ0v) is 18.3. The molecule has 8 nitrogen and oxygen atoms in total. The number of hydrogen-bond acceptors (Lipinski definition) is 7. The molecule has 10 heteroatoms. The molecule has 0 spiro atoms. The van der Waals surface area contributed by atoms with E-state index >= 15 is 0 Å². The molecule has 2 rings (SSSR count). The Labute approximate surface area is 186 Å². The van der Waals surface area contributed by atoms with Gasteiger partial charge in [-0.2, -0.15) is 0 Å². The van der Waals surface area contributed by atoms with Crippen LogP contribution in [-0.2, 0) is 9.59 Å². The standard InChI is InChI=1S/C20H26Cl2N6O2/c1-13(29)7-18(14-8-16(21)10-17(22)9-14)28-19(30)15(11-23)12-24-3-2-4-25-20-26-5-6-27-20/h8-12,18H,2-7,23H2,1H3,(H,28,30)(H2,25,26,27)/t18-/m0/s1. The number of guanidine groups is 1. The molecule has 1 heterocycles. The first-order valence-electron chi connectivity index (χ1n) is 9.59. The number of ketones is 1. The summed E-state index contributed by atoms with van der Waals surface area (Å²) in [5.74, 6) is 0.280. The van der Waals surface area contributed by atoms with Gasteiger partial charge in [-0.25, -0.2) is 0 Å². The molecule has 0 aliphatic carbocycles. The van der Waals surface area contributed by atoms with E-state index in [-0.39, 0.29) is 17.8 Å². The predicted molar refractivity (Wildman–Crippen MR) is 121 cm³/mol. The third kappa shape index (κ3) is 8.04. The molecule has 1 atom stereocenters. The average Bonchev–Trinajstić information content (AvgIpc) is 3.19. The Morgan fingerprint density at radius 1 is 1.33 bits per heavy atom. The second-order valence-electron chi connectivity index (χ2n) is 6.73. The summed E-state index contributed by atoms with van der Waals surface area (Å²) in [7, 11) is 0. The first kappa shape index (κ1) is 23.7.